The van der Waals surface area contributed by atoms with Gasteiger partial charge in [-0.05, 0) is 64.9 Å². The van der Waals surface area contributed by atoms with Gasteiger partial charge >= 0.3 is 0 Å². The van der Waals surface area contributed by atoms with Crippen molar-refractivity contribution < 1.29 is 4.42 Å². The number of hydrogen-bond donors (Lipinski definition) is 0. The fourth-order valence-electron chi connectivity index (χ4n) is 6.76. The molecule has 0 bridgehead atoms. The lowest BCUT2D eigenvalue weighted by molar-refractivity contribution is 0.673. The lowest BCUT2D eigenvalue weighted by Gasteiger charge is -2.37. The third-order valence-corrected chi connectivity index (χ3v) is 10.4. The van der Waals surface area contributed by atoms with Gasteiger partial charge in [-0.3, -0.25) is 0 Å². The zero-order valence-corrected chi connectivity index (χ0v) is 20.0. The predicted octanol–water partition coefficient (Wildman–Crippen LogP) is 6.44. The van der Waals surface area contributed by atoms with Crippen LogP contribution in [0.15, 0.2) is 109 Å². The highest BCUT2D eigenvalue weighted by atomic mass is 32.2. The van der Waals surface area contributed by atoms with Crippen LogP contribution in [0.1, 0.15) is 0 Å². The molecule has 0 N–H and O–H groups in total. The van der Waals surface area contributed by atoms with Gasteiger partial charge in [0, 0.05) is 41.4 Å². The molecular formula is C30H14BNOS2. The Morgan fingerprint density at radius 1 is 0.600 bits per heavy atom. The molecule has 160 valence electrons. The SMILES string of the molecule is c1cc2c3c(c1)Sc1ccc4c5c6oc7ccccc7c6ccc5n5c4c1B3c1c(cccc1-5)S2. The van der Waals surface area contributed by atoms with Crippen molar-refractivity contribution in [1.29, 1.82) is 0 Å². The Kier molecular flexibility index (Phi) is 2.96. The molecule has 5 heteroatoms. The molecule has 0 radical (unpaired) electrons. The third kappa shape index (κ3) is 1.92. The third-order valence-electron chi connectivity index (χ3n) is 8.05. The van der Waals surface area contributed by atoms with E-state index >= 15 is 0 Å². The number of benzene rings is 5. The Balaban J connectivity index is 1.48. The van der Waals surface area contributed by atoms with Crippen LogP contribution >= 0.6 is 23.5 Å². The molecule has 0 amide bonds. The minimum Gasteiger partial charge on any atom is -0.455 e. The fraction of sp³-hybridized carbons (Fsp3) is 0. The van der Waals surface area contributed by atoms with Gasteiger partial charge in [0.05, 0.1) is 16.4 Å². The van der Waals surface area contributed by atoms with E-state index in [0.29, 0.717) is 0 Å². The summed E-state index contributed by atoms with van der Waals surface area (Å²) in [5, 5.41) is 4.89. The molecule has 3 aliphatic rings. The van der Waals surface area contributed by atoms with Crippen LogP contribution in [0.4, 0.5) is 0 Å². The number of rotatable bonds is 0. The van der Waals surface area contributed by atoms with Crippen molar-refractivity contribution in [3.8, 4) is 5.69 Å². The first-order chi connectivity index (χ1) is 17.4. The Hall–Kier alpha value is -3.54. The second kappa shape index (κ2) is 5.81. The Labute approximate surface area is 209 Å². The van der Waals surface area contributed by atoms with Gasteiger partial charge in [-0.2, -0.15) is 0 Å². The van der Waals surface area contributed by atoms with Crippen molar-refractivity contribution >= 4 is 90.4 Å². The molecule has 2 aromatic heterocycles. The van der Waals surface area contributed by atoms with Crippen molar-refractivity contribution in [2.45, 2.75) is 19.6 Å². The van der Waals surface area contributed by atoms with Gasteiger partial charge in [0.1, 0.15) is 11.2 Å². The predicted molar refractivity (Wildman–Crippen MR) is 147 cm³/mol. The van der Waals surface area contributed by atoms with Crippen molar-refractivity contribution in [2.24, 2.45) is 0 Å². The molecule has 0 saturated heterocycles. The lowest BCUT2D eigenvalue weighted by atomic mass is 9.35. The number of nitrogens with zero attached hydrogens (tertiary/aromatic N) is 1. The van der Waals surface area contributed by atoms with Gasteiger partial charge in [-0.1, -0.05) is 59.9 Å². The van der Waals surface area contributed by atoms with Crippen LogP contribution in [0, 0.1) is 0 Å². The fourth-order valence-corrected chi connectivity index (χ4v) is 9.21. The van der Waals surface area contributed by atoms with Crippen LogP contribution in [0.25, 0.3) is 49.4 Å². The first kappa shape index (κ1) is 17.8. The molecule has 0 aliphatic carbocycles. The lowest BCUT2D eigenvalue weighted by Crippen LogP contribution is -2.61. The number of furan rings is 1. The van der Waals surface area contributed by atoms with E-state index in [-0.39, 0.29) is 6.71 Å². The molecule has 0 unspecified atom stereocenters. The maximum Gasteiger partial charge on any atom is 0.252 e. The first-order valence-corrected chi connectivity index (χ1v) is 13.5. The van der Waals surface area contributed by atoms with Gasteiger partial charge in [0.15, 0.2) is 0 Å². The molecule has 2 nitrogen and oxygen atoms in total. The quantitative estimate of drug-likeness (QED) is 0.233. The topological polar surface area (TPSA) is 18.1 Å². The number of fused-ring (bicyclic) bond motifs is 8. The van der Waals surface area contributed by atoms with Crippen molar-refractivity contribution in [1.82, 2.24) is 4.57 Å². The Morgan fingerprint density at radius 3 is 2.23 bits per heavy atom. The van der Waals surface area contributed by atoms with Crippen molar-refractivity contribution in [3.05, 3.63) is 84.9 Å². The number of para-hydroxylation sites is 1. The van der Waals surface area contributed by atoms with E-state index in [4.69, 9.17) is 4.42 Å². The van der Waals surface area contributed by atoms with E-state index in [1.807, 2.05) is 23.5 Å². The second-order valence-electron chi connectivity index (χ2n) is 9.64. The van der Waals surface area contributed by atoms with Crippen LogP contribution < -0.4 is 16.4 Å². The summed E-state index contributed by atoms with van der Waals surface area (Å²) in [5.41, 5.74) is 10.3. The van der Waals surface area contributed by atoms with E-state index in [2.05, 4.69) is 89.5 Å². The highest BCUT2D eigenvalue weighted by Crippen LogP contribution is 2.46. The summed E-state index contributed by atoms with van der Waals surface area (Å²) >= 11 is 3.85. The monoisotopic (exact) mass is 479 g/mol. The van der Waals surface area contributed by atoms with Gasteiger partial charge in [-0.15, -0.1) is 0 Å². The molecule has 7 aromatic rings. The van der Waals surface area contributed by atoms with Crippen LogP contribution in [0.5, 0.6) is 0 Å². The summed E-state index contributed by atoms with van der Waals surface area (Å²) in [7, 11) is 0. The van der Waals surface area contributed by atoms with Gasteiger partial charge in [0.2, 0.25) is 0 Å². The summed E-state index contributed by atoms with van der Waals surface area (Å²) < 4.78 is 9.06. The van der Waals surface area contributed by atoms with E-state index < -0.39 is 0 Å². The van der Waals surface area contributed by atoms with Crippen LogP contribution in [-0.2, 0) is 0 Å². The van der Waals surface area contributed by atoms with E-state index in [9.17, 15) is 0 Å². The molecular weight excluding hydrogens is 465 g/mol. The number of hydrogen-bond acceptors (Lipinski definition) is 3. The van der Waals surface area contributed by atoms with E-state index in [1.54, 1.807) is 0 Å². The molecule has 0 fully saturated rings. The van der Waals surface area contributed by atoms with E-state index in [1.165, 1.54) is 74.2 Å². The highest BCUT2D eigenvalue weighted by Gasteiger charge is 2.44. The number of aromatic nitrogens is 1. The zero-order chi connectivity index (χ0) is 22.4. The summed E-state index contributed by atoms with van der Waals surface area (Å²) in [6, 6.07) is 31.3. The average molecular weight is 479 g/mol. The second-order valence-corrected chi connectivity index (χ2v) is 11.8. The van der Waals surface area contributed by atoms with E-state index in [0.717, 1.165) is 11.2 Å². The molecule has 0 saturated carbocycles. The van der Waals surface area contributed by atoms with Crippen LogP contribution in [-0.4, -0.2) is 11.3 Å². The van der Waals surface area contributed by atoms with Gasteiger partial charge in [0.25, 0.3) is 6.71 Å². The van der Waals surface area contributed by atoms with Gasteiger partial charge in [-0.25, -0.2) is 0 Å². The molecule has 0 spiro atoms. The maximum atomic E-state index is 6.54. The maximum absolute atomic E-state index is 6.54. The molecule has 0 atom stereocenters. The average Bonchev–Trinajstić information content (AvgIpc) is 3.44. The molecule has 35 heavy (non-hydrogen) atoms. The zero-order valence-electron chi connectivity index (χ0n) is 18.3. The largest absolute Gasteiger partial charge is 0.455 e. The minimum atomic E-state index is 0.288. The minimum absolute atomic E-state index is 0.288. The van der Waals surface area contributed by atoms with Crippen LogP contribution in [0.2, 0.25) is 0 Å². The smallest absolute Gasteiger partial charge is 0.252 e. The Morgan fingerprint density at radius 2 is 1.34 bits per heavy atom. The highest BCUT2D eigenvalue weighted by molar-refractivity contribution is 8.01. The van der Waals surface area contributed by atoms with Gasteiger partial charge < -0.3 is 8.98 Å². The van der Waals surface area contributed by atoms with Crippen molar-refractivity contribution in [2.75, 3.05) is 0 Å². The van der Waals surface area contributed by atoms with Crippen LogP contribution in [0.3, 0.4) is 0 Å². The summed E-state index contributed by atoms with van der Waals surface area (Å²) in [6.07, 6.45) is 0. The molecule has 5 heterocycles. The Bertz CT molecular complexity index is 2120. The van der Waals surface area contributed by atoms with Crippen molar-refractivity contribution in [3.63, 3.8) is 0 Å². The molecule has 10 rings (SSSR count). The summed E-state index contributed by atoms with van der Waals surface area (Å²) in [4.78, 5) is 5.56. The normalized spacial score (nSPS) is 14.6. The summed E-state index contributed by atoms with van der Waals surface area (Å²) in [5.74, 6) is 0. The molecule has 5 aromatic carbocycles. The molecule has 3 aliphatic heterocycles. The summed E-state index contributed by atoms with van der Waals surface area (Å²) in [6.45, 7) is 0.288. The first-order valence-electron chi connectivity index (χ1n) is 11.9. The standard InChI is InChI=1S/C30H14BNOS2/c1-2-7-20-15(5-1)16-11-13-18-25(30(16)33-20)17-12-14-24-28-29(17)32(18)19-6-3-8-21-26(19)31(28)27-22(34-21)9-4-10-23(27)35-24/h1-14H.